The van der Waals surface area contributed by atoms with Crippen LogP contribution in [-0.2, 0) is 4.74 Å². The maximum atomic E-state index is 11.7. The van der Waals surface area contributed by atoms with Gasteiger partial charge in [0.25, 0.3) is 0 Å². The van der Waals surface area contributed by atoms with Gasteiger partial charge < -0.3 is 9.47 Å². The molecule has 0 saturated heterocycles. The molecule has 1 aromatic carbocycles. The van der Waals surface area contributed by atoms with Gasteiger partial charge >= 0.3 is 5.97 Å². The molecule has 0 fully saturated rings. The minimum atomic E-state index is -0.322. The highest BCUT2D eigenvalue weighted by Gasteiger charge is 2.13. The van der Waals surface area contributed by atoms with Gasteiger partial charge in [-0.15, -0.1) is 0 Å². The summed E-state index contributed by atoms with van der Waals surface area (Å²) >= 11 is 0. The molecule has 1 rings (SSSR count). The standard InChI is InChI=1S/C13H18O3/c1-4-15-12-8-6-5-7-11(12)13(14)16-9-10(2)3/h5-8,10H,4,9H2,1-3H3. The summed E-state index contributed by atoms with van der Waals surface area (Å²) in [6.07, 6.45) is 0. The van der Waals surface area contributed by atoms with Gasteiger partial charge in [-0.05, 0) is 25.0 Å². The fraction of sp³-hybridized carbons (Fsp3) is 0.462. The highest BCUT2D eigenvalue weighted by Crippen LogP contribution is 2.19. The lowest BCUT2D eigenvalue weighted by atomic mass is 10.2. The zero-order chi connectivity index (χ0) is 12.0. The van der Waals surface area contributed by atoms with E-state index in [1.165, 1.54) is 0 Å². The van der Waals surface area contributed by atoms with Crippen molar-refractivity contribution in [1.29, 1.82) is 0 Å². The van der Waals surface area contributed by atoms with Crippen LogP contribution >= 0.6 is 0 Å². The van der Waals surface area contributed by atoms with Gasteiger partial charge in [-0.25, -0.2) is 4.79 Å². The molecule has 0 bridgehead atoms. The Balaban J connectivity index is 2.73. The van der Waals surface area contributed by atoms with Gasteiger partial charge in [0.15, 0.2) is 0 Å². The Labute approximate surface area is 96.4 Å². The van der Waals surface area contributed by atoms with Crippen LogP contribution in [0.15, 0.2) is 24.3 Å². The summed E-state index contributed by atoms with van der Waals surface area (Å²) in [5.41, 5.74) is 0.491. The van der Waals surface area contributed by atoms with Crippen molar-refractivity contribution in [3.63, 3.8) is 0 Å². The molecule has 0 unspecified atom stereocenters. The summed E-state index contributed by atoms with van der Waals surface area (Å²) in [5, 5.41) is 0. The quantitative estimate of drug-likeness (QED) is 0.718. The molecule has 0 aliphatic carbocycles. The summed E-state index contributed by atoms with van der Waals surface area (Å²) in [6.45, 7) is 6.85. The van der Waals surface area contributed by atoms with Crippen LogP contribution in [0.5, 0.6) is 5.75 Å². The maximum Gasteiger partial charge on any atom is 0.341 e. The van der Waals surface area contributed by atoms with Crippen molar-refractivity contribution in [2.75, 3.05) is 13.2 Å². The van der Waals surface area contributed by atoms with E-state index in [4.69, 9.17) is 9.47 Å². The van der Waals surface area contributed by atoms with Gasteiger partial charge in [0, 0.05) is 0 Å². The summed E-state index contributed by atoms with van der Waals surface area (Å²) in [4.78, 5) is 11.7. The van der Waals surface area contributed by atoms with Crippen LogP contribution in [0.25, 0.3) is 0 Å². The van der Waals surface area contributed by atoms with Crippen molar-refractivity contribution in [1.82, 2.24) is 0 Å². The summed E-state index contributed by atoms with van der Waals surface area (Å²) in [6, 6.07) is 7.13. The lowest BCUT2D eigenvalue weighted by Gasteiger charge is -2.10. The van der Waals surface area contributed by atoms with Crippen LogP contribution in [-0.4, -0.2) is 19.2 Å². The number of carbonyl (C=O) groups is 1. The van der Waals surface area contributed by atoms with Gasteiger partial charge in [-0.1, -0.05) is 26.0 Å². The number of hydrogen-bond donors (Lipinski definition) is 0. The number of hydrogen-bond acceptors (Lipinski definition) is 3. The third kappa shape index (κ3) is 3.57. The molecule has 3 nitrogen and oxygen atoms in total. The number of ether oxygens (including phenoxy) is 2. The summed E-state index contributed by atoms with van der Waals surface area (Å²) in [5.74, 6) is 0.597. The van der Waals surface area contributed by atoms with E-state index in [2.05, 4.69) is 0 Å². The van der Waals surface area contributed by atoms with Gasteiger partial charge in [0.05, 0.1) is 13.2 Å². The SMILES string of the molecule is CCOc1ccccc1C(=O)OCC(C)C. The van der Waals surface area contributed by atoms with Crippen molar-refractivity contribution in [3.8, 4) is 5.75 Å². The zero-order valence-electron chi connectivity index (χ0n) is 10.0. The highest BCUT2D eigenvalue weighted by atomic mass is 16.5. The first-order valence-electron chi connectivity index (χ1n) is 5.54. The molecule has 0 aliphatic heterocycles. The van der Waals surface area contributed by atoms with Gasteiger partial charge in [0.2, 0.25) is 0 Å². The van der Waals surface area contributed by atoms with Gasteiger partial charge in [0.1, 0.15) is 11.3 Å². The lowest BCUT2D eigenvalue weighted by molar-refractivity contribution is 0.0454. The first-order valence-corrected chi connectivity index (χ1v) is 5.54. The average Bonchev–Trinajstić information content (AvgIpc) is 2.27. The molecule has 0 aromatic heterocycles. The monoisotopic (exact) mass is 222 g/mol. The van der Waals surface area contributed by atoms with E-state index in [9.17, 15) is 4.79 Å². The predicted molar refractivity (Wildman–Crippen MR) is 62.7 cm³/mol. The second kappa shape index (κ2) is 6.16. The molecule has 0 saturated carbocycles. The van der Waals surface area contributed by atoms with E-state index < -0.39 is 0 Å². The number of benzene rings is 1. The normalized spacial score (nSPS) is 10.2. The summed E-state index contributed by atoms with van der Waals surface area (Å²) < 4.78 is 10.5. The Morgan fingerprint density at radius 2 is 2.00 bits per heavy atom. The van der Waals surface area contributed by atoms with Gasteiger partial charge in [-0.3, -0.25) is 0 Å². The third-order valence-electron chi connectivity index (χ3n) is 1.95. The molecule has 0 aliphatic rings. The van der Waals surface area contributed by atoms with Crippen LogP contribution in [0.3, 0.4) is 0 Å². The minimum absolute atomic E-state index is 0.322. The molecule has 0 heterocycles. The van der Waals surface area contributed by atoms with Crippen molar-refractivity contribution in [2.24, 2.45) is 5.92 Å². The fourth-order valence-corrected chi connectivity index (χ4v) is 1.24. The fourth-order valence-electron chi connectivity index (χ4n) is 1.24. The molecular formula is C13H18O3. The summed E-state index contributed by atoms with van der Waals surface area (Å²) in [7, 11) is 0. The Morgan fingerprint density at radius 3 is 2.62 bits per heavy atom. The predicted octanol–water partition coefficient (Wildman–Crippen LogP) is 2.90. The minimum Gasteiger partial charge on any atom is -0.493 e. The molecule has 16 heavy (non-hydrogen) atoms. The second-order valence-electron chi connectivity index (χ2n) is 3.92. The molecular weight excluding hydrogens is 204 g/mol. The number of rotatable bonds is 5. The number of para-hydroxylation sites is 1. The van der Waals surface area contributed by atoms with E-state index in [1.54, 1.807) is 18.2 Å². The Kier molecular flexibility index (Phi) is 4.83. The Morgan fingerprint density at radius 1 is 1.31 bits per heavy atom. The highest BCUT2D eigenvalue weighted by molar-refractivity contribution is 5.92. The van der Waals surface area contributed by atoms with Crippen molar-refractivity contribution >= 4 is 5.97 Å². The number of carbonyl (C=O) groups excluding carboxylic acids is 1. The van der Waals surface area contributed by atoms with Crippen molar-refractivity contribution in [3.05, 3.63) is 29.8 Å². The van der Waals surface area contributed by atoms with Crippen LogP contribution in [0.1, 0.15) is 31.1 Å². The maximum absolute atomic E-state index is 11.7. The van der Waals surface area contributed by atoms with E-state index in [-0.39, 0.29) is 5.97 Å². The lowest BCUT2D eigenvalue weighted by Crippen LogP contribution is -2.11. The van der Waals surface area contributed by atoms with Crippen LogP contribution in [0.2, 0.25) is 0 Å². The molecule has 0 amide bonds. The topological polar surface area (TPSA) is 35.5 Å². The smallest absolute Gasteiger partial charge is 0.341 e. The van der Waals surface area contributed by atoms with E-state index in [0.29, 0.717) is 30.4 Å². The van der Waals surface area contributed by atoms with Crippen molar-refractivity contribution in [2.45, 2.75) is 20.8 Å². The Bertz CT molecular complexity index is 345. The molecule has 0 radical (unpaired) electrons. The molecule has 88 valence electrons. The zero-order valence-corrected chi connectivity index (χ0v) is 10.0. The second-order valence-corrected chi connectivity index (χ2v) is 3.92. The number of esters is 1. The van der Waals surface area contributed by atoms with E-state index >= 15 is 0 Å². The van der Waals surface area contributed by atoms with E-state index in [1.807, 2.05) is 26.8 Å². The molecule has 0 atom stereocenters. The molecule has 3 heteroatoms. The third-order valence-corrected chi connectivity index (χ3v) is 1.95. The molecule has 1 aromatic rings. The average molecular weight is 222 g/mol. The molecule has 0 spiro atoms. The largest absolute Gasteiger partial charge is 0.493 e. The molecule has 0 N–H and O–H groups in total. The van der Waals surface area contributed by atoms with Crippen LogP contribution < -0.4 is 4.74 Å². The van der Waals surface area contributed by atoms with Crippen LogP contribution in [0, 0.1) is 5.92 Å². The first kappa shape index (κ1) is 12.6. The Hall–Kier alpha value is -1.51. The first-order chi connectivity index (χ1) is 7.65. The van der Waals surface area contributed by atoms with Crippen molar-refractivity contribution < 1.29 is 14.3 Å². The van der Waals surface area contributed by atoms with E-state index in [0.717, 1.165) is 0 Å². The van der Waals surface area contributed by atoms with Crippen LogP contribution in [0.4, 0.5) is 0 Å². The van der Waals surface area contributed by atoms with Gasteiger partial charge in [-0.2, -0.15) is 0 Å².